The van der Waals surface area contributed by atoms with Crippen molar-refractivity contribution in [3.05, 3.63) is 17.7 Å². The van der Waals surface area contributed by atoms with Gasteiger partial charge in [-0.05, 0) is 106 Å². The number of carboxylic acid groups (broad SMARTS) is 1. The van der Waals surface area contributed by atoms with Crippen LogP contribution in [-0.2, 0) is 4.79 Å². The number of nitrogens with one attached hydrogen (secondary N) is 2. The lowest BCUT2D eigenvalue weighted by molar-refractivity contribution is -0.143. The smallest absolute Gasteiger partial charge is 0.306 e. The summed E-state index contributed by atoms with van der Waals surface area (Å²) in [5.41, 5.74) is 0.144. The number of pyridine rings is 1. The Kier molecular flexibility index (Phi) is 7.31. The van der Waals surface area contributed by atoms with E-state index in [4.69, 9.17) is 4.98 Å². The molecule has 5 aliphatic rings. The van der Waals surface area contributed by atoms with Gasteiger partial charge in [0.05, 0.1) is 17.1 Å². The molecule has 192 valence electrons. The number of amides is 1. The molecule has 1 amide bonds. The van der Waals surface area contributed by atoms with E-state index in [1.54, 1.807) is 11.8 Å². The number of rotatable bonds is 9. The average molecular weight is 502 g/mol. The maximum absolute atomic E-state index is 13.4. The molecule has 7 nitrogen and oxygen atoms in total. The van der Waals surface area contributed by atoms with Crippen molar-refractivity contribution in [2.24, 2.45) is 29.6 Å². The van der Waals surface area contributed by atoms with Gasteiger partial charge in [-0.25, -0.2) is 4.98 Å². The van der Waals surface area contributed by atoms with Crippen LogP contribution < -0.4 is 10.6 Å². The van der Waals surface area contributed by atoms with E-state index >= 15 is 0 Å². The highest BCUT2D eigenvalue weighted by Crippen LogP contribution is 2.55. The van der Waals surface area contributed by atoms with Crippen molar-refractivity contribution < 1.29 is 19.8 Å². The molecule has 0 spiro atoms. The number of hydrogen-bond donors (Lipinski definition) is 4. The van der Waals surface area contributed by atoms with E-state index in [0.717, 1.165) is 87.3 Å². The molecule has 2 unspecified atom stereocenters. The molecule has 1 aromatic heterocycles. The zero-order valence-electron chi connectivity index (χ0n) is 20.7. The van der Waals surface area contributed by atoms with Crippen LogP contribution in [0, 0.1) is 29.6 Å². The molecule has 4 N–H and O–H groups in total. The number of thioether (sulfide) groups is 1. The Morgan fingerprint density at radius 3 is 2.46 bits per heavy atom. The van der Waals surface area contributed by atoms with Gasteiger partial charge in [-0.3, -0.25) is 9.59 Å². The molecule has 4 bridgehead atoms. The van der Waals surface area contributed by atoms with Gasteiger partial charge in [0.15, 0.2) is 0 Å². The predicted octanol–water partition coefficient (Wildman–Crippen LogP) is 4.56. The minimum atomic E-state index is -0.672. The third-order valence-electron chi connectivity index (χ3n) is 8.85. The first kappa shape index (κ1) is 24.9. The lowest BCUT2D eigenvalue weighted by atomic mass is 9.52. The topological polar surface area (TPSA) is 112 Å². The van der Waals surface area contributed by atoms with Crippen LogP contribution in [0.1, 0.15) is 81.5 Å². The normalized spacial score (nSPS) is 35.6. The van der Waals surface area contributed by atoms with Crippen LogP contribution in [0.4, 0.5) is 5.82 Å². The Labute approximate surface area is 212 Å². The molecule has 2 atom stereocenters. The Morgan fingerprint density at radius 2 is 1.83 bits per heavy atom. The van der Waals surface area contributed by atoms with Gasteiger partial charge in [-0.15, -0.1) is 11.8 Å². The maximum Gasteiger partial charge on any atom is 0.306 e. The third kappa shape index (κ3) is 5.48. The van der Waals surface area contributed by atoms with Crippen molar-refractivity contribution in [1.82, 2.24) is 10.3 Å². The molecular weight excluding hydrogens is 462 g/mol. The summed E-state index contributed by atoms with van der Waals surface area (Å²) in [5, 5.41) is 27.6. The fraction of sp³-hybridized carbons (Fsp3) is 0.741. The number of aliphatic carboxylic acids is 1. The summed E-state index contributed by atoms with van der Waals surface area (Å²) >= 11 is 1.63. The summed E-state index contributed by atoms with van der Waals surface area (Å²) in [6, 6.07) is 3.95. The zero-order chi connectivity index (χ0) is 24.6. The van der Waals surface area contributed by atoms with Crippen molar-refractivity contribution in [2.75, 3.05) is 17.6 Å². The molecule has 0 saturated heterocycles. The number of carboxylic acids is 1. The van der Waals surface area contributed by atoms with E-state index in [1.165, 1.54) is 0 Å². The van der Waals surface area contributed by atoms with Gasteiger partial charge in [-0.2, -0.15) is 0 Å². The predicted molar refractivity (Wildman–Crippen MR) is 137 cm³/mol. The Balaban J connectivity index is 1.22. The van der Waals surface area contributed by atoms with Crippen LogP contribution >= 0.6 is 11.8 Å². The Morgan fingerprint density at radius 1 is 1.11 bits per heavy atom. The lowest BCUT2D eigenvalue weighted by Gasteiger charge is -2.58. The van der Waals surface area contributed by atoms with Gasteiger partial charge in [-0.1, -0.05) is 6.92 Å². The van der Waals surface area contributed by atoms with Gasteiger partial charge >= 0.3 is 5.97 Å². The summed E-state index contributed by atoms with van der Waals surface area (Å²) in [5.74, 6) is 2.60. The molecule has 6 rings (SSSR count). The number of aromatic nitrogens is 1. The van der Waals surface area contributed by atoms with Gasteiger partial charge in [0.25, 0.3) is 5.91 Å². The Hall–Kier alpha value is -1.80. The Bertz CT molecular complexity index is 932. The molecule has 0 radical (unpaired) electrons. The van der Waals surface area contributed by atoms with E-state index in [1.807, 2.05) is 12.1 Å². The molecule has 0 aliphatic heterocycles. The van der Waals surface area contributed by atoms with E-state index in [-0.39, 0.29) is 17.9 Å². The highest BCUT2D eigenvalue weighted by Gasteiger charge is 2.55. The minimum Gasteiger partial charge on any atom is -0.481 e. The SMILES string of the molecule is CCCSc1nc(NCC2CCC(C(=O)O)CC2)ccc1C(=O)NC1C2CC3CC1CC(O)(C3)C2. The molecule has 0 aromatic carbocycles. The minimum absolute atomic E-state index is 0.0425. The molecule has 5 saturated carbocycles. The fourth-order valence-corrected chi connectivity index (χ4v) is 8.21. The number of nitrogens with zero attached hydrogens (tertiary/aromatic N) is 1. The van der Waals surface area contributed by atoms with E-state index in [9.17, 15) is 19.8 Å². The van der Waals surface area contributed by atoms with E-state index in [0.29, 0.717) is 29.2 Å². The van der Waals surface area contributed by atoms with Crippen molar-refractivity contribution in [3.63, 3.8) is 0 Å². The third-order valence-corrected chi connectivity index (χ3v) is 10.1. The van der Waals surface area contributed by atoms with Crippen LogP contribution in [0.15, 0.2) is 17.2 Å². The molecule has 1 aromatic rings. The van der Waals surface area contributed by atoms with E-state index < -0.39 is 11.6 Å². The second-order valence-electron chi connectivity index (χ2n) is 11.5. The quantitative estimate of drug-likeness (QED) is 0.367. The number of aliphatic hydroxyl groups is 1. The highest BCUT2D eigenvalue weighted by molar-refractivity contribution is 7.99. The van der Waals surface area contributed by atoms with Crippen LogP contribution in [-0.4, -0.2) is 51.0 Å². The van der Waals surface area contributed by atoms with Gasteiger partial charge in [0.2, 0.25) is 0 Å². The van der Waals surface area contributed by atoms with Gasteiger partial charge in [0.1, 0.15) is 10.8 Å². The summed E-state index contributed by atoms with van der Waals surface area (Å²) in [7, 11) is 0. The first-order valence-corrected chi connectivity index (χ1v) is 14.5. The number of carbonyl (C=O) groups excluding carboxylic acids is 1. The zero-order valence-corrected chi connectivity index (χ0v) is 21.5. The monoisotopic (exact) mass is 501 g/mol. The number of hydrogen-bond acceptors (Lipinski definition) is 6. The molecular formula is C27H39N3O4S. The average Bonchev–Trinajstić information content (AvgIpc) is 2.82. The van der Waals surface area contributed by atoms with Gasteiger partial charge < -0.3 is 20.8 Å². The molecule has 35 heavy (non-hydrogen) atoms. The maximum atomic E-state index is 13.4. The second kappa shape index (κ2) is 10.3. The lowest BCUT2D eigenvalue weighted by Crippen LogP contribution is -2.61. The van der Waals surface area contributed by atoms with E-state index in [2.05, 4.69) is 17.6 Å². The highest BCUT2D eigenvalue weighted by atomic mass is 32.2. The van der Waals surface area contributed by atoms with Crippen LogP contribution in [0.5, 0.6) is 0 Å². The molecule has 1 heterocycles. The summed E-state index contributed by atoms with van der Waals surface area (Å²) < 4.78 is 0. The van der Waals surface area contributed by atoms with Crippen LogP contribution in [0.3, 0.4) is 0 Å². The first-order chi connectivity index (χ1) is 16.8. The van der Waals surface area contributed by atoms with Gasteiger partial charge in [0, 0.05) is 12.6 Å². The van der Waals surface area contributed by atoms with Crippen molar-refractivity contribution >= 4 is 29.5 Å². The van der Waals surface area contributed by atoms with Crippen LogP contribution in [0.2, 0.25) is 0 Å². The standard InChI is InChI=1S/C27H39N3O4S/c1-2-9-35-25-21(7-8-22(29-25)28-15-16-3-5-18(6-4-16)26(32)33)24(31)30-23-19-10-17-11-20(23)14-27(34,12-17)13-19/h7-8,16-20,23,34H,2-6,9-15H2,1H3,(H,28,29)(H,30,31)(H,32,33). The summed E-state index contributed by atoms with van der Waals surface area (Å²) in [6.45, 7) is 2.90. The van der Waals surface area contributed by atoms with Crippen molar-refractivity contribution in [3.8, 4) is 0 Å². The summed E-state index contributed by atoms with van der Waals surface area (Å²) in [6.07, 6.45) is 9.15. The number of anilines is 1. The van der Waals surface area contributed by atoms with Crippen molar-refractivity contribution in [2.45, 2.75) is 87.8 Å². The van der Waals surface area contributed by atoms with Crippen LogP contribution in [0.25, 0.3) is 0 Å². The molecule has 8 heteroatoms. The van der Waals surface area contributed by atoms with Crippen molar-refractivity contribution in [1.29, 1.82) is 0 Å². The largest absolute Gasteiger partial charge is 0.481 e. The summed E-state index contributed by atoms with van der Waals surface area (Å²) in [4.78, 5) is 29.4. The fourth-order valence-electron chi connectivity index (χ4n) is 7.33. The molecule has 5 fully saturated rings. The second-order valence-corrected chi connectivity index (χ2v) is 12.6. The number of carbonyl (C=O) groups is 2. The first-order valence-electron chi connectivity index (χ1n) is 13.5. The molecule has 5 aliphatic carbocycles.